The van der Waals surface area contributed by atoms with Gasteiger partial charge in [-0.05, 0) is 36.8 Å². The van der Waals surface area contributed by atoms with Crippen molar-refractivity contribution in [1.29, 1.82) is 0 Å². The molecule has 0 bridgehead atoms. The fourth-order valence-electron chi connectivity index (χ4n) is 2.40. The molecule has 17 heavy (non-hydrogen) atoms. The third-order valence-electron chi connectivity index (χ3n) is 3.31. The SMILES string of the molecule is CC1(C)CCCN(c2ncc(CCN)cn2)C1. The van der Waals surface area contributed by atoms with Crippen molar-refractivity contribution in [3.63, 3.8) is 0 Å². The Morgan fingerprint density at radius 3 is 2.65 bits per heavy atom. The molecule has 1 aromatic heterocycles. The van der Waals surface area contributed by atoms with Gasteiger partial charge in [0.15, 0.2) is 0 Å². The summed E-state index contributed by atoms with van der Waals surface area (Å²) in [6.07, 6.45) is 7.16. The fourth-order valence-corrected chi connectivity index (χ4v) is 2.40. The summed E-state index contributed by atoms with van der Waals surface area (Å²) in [7, 11) is 0. The molecular formula is C13H22N4. The van der Waals surface area contributed by atoms with E-state index in [1.54, 1.807) is 0 Å². The van der Waals surface area contributed by atoms with Crippen LogP contribution in [0.4, 0.5) is 5.95 Å². The average Bonchev–Trinajstić information content (AvgIpc) is 2.29. The molecule has 1 aliphatic heterocycles. The van der Waals surface area contributed by atoms with Crippen LogP contribution in [0.1, 0.15) is 32.3 Å². The summed E-state index contributed by atoms with van der Waals surface area (Å²) in [5.74, 6) is 0.860. The molecule has 0 aromatic carbocycles. The number of hydrogen-bond acceptors (Lipinski definition) is 4. The van der Waals surface area contributed by atoms with Crippen LogP contribution in [0.2, 0.25) is 0 Å². The molecule has 2 rings (SSSR count). The van der Waals surface area contributed by atoms with E-state index in [1.165, 1.54) is 12.8 Å². The second-order valence-corrected chi connectivity index (χ2v) is 5.62. The van der Waals surface area contributed by atoms with E-state index in [4.69, 9.17) is 5.73 Å². The Balaban J connectivity index is 2.06. The van der Waals surface area contributed by atoms with Crippen molar-refractivity contribution in [2.45, 2.75) is 33.1 Å². The molecule has 94 valence electrons. The maximum absolute atomic E-state index is 5.51. The lowest BCUT2D eigenvalue weighted by Gasteiger charge is -2.38. The fraction of sp³-hybridized carbons (Fsp3) is 0.692. The summed E-state index contributed by atoms with van der Waals surface area (Å²) in [6, 6.07) is 0. The third kappa shape index (κ3) is 3.16. The smallest absolute Gasteiger partial charge is 0.225 e. The summed E-state index contributed by atoms with van der Waals surface area (Å²) in [5.41, 5.74) is 7.00. The lowest BCUT2D eigenvalue weighted by Crippen LogP contribution is -2.40. The molecule has 1 fully saturated rings. The molecular weight excluding hydrogens is 212 g/mol. The minimum Gasteiger partial charge on any atom is -0.340 e. The van der Waals surface area contributed by atoms with Gasteiger partial charge in [-0.1, -0.05) is 13.8 Å². The van der Waals surface area contributed by atoms with Gasteiger partial charge in [-0.25, -0.2) is 9.97 Å². The number of anilines is 1. The zero-order chi connectivity index (χ0) is 12.3. The van der Waals surface area contributed by atoms with Crippen molar-refractivity contribution in [3.05, 3.63) is 18.0 Å². The Hall–Kier alpha value is -1.16. The van der Waals surface area contributed by atoms with Crippen LogP contribution in [0.5, 0.6) is 0 Å². The zero-order valence-electron chi connectivity index (χ0n) is 10.8. The highest BCUT2D eigenvalue weighted by Gasteiger charge is 2.27. The van der Waals surface area contributed by atoms with E-state index in [2.05, 4.69) is 28.7 Å². The quantitative estimate of drug-likeness (QED) is 0.863. The van der Waals surface area contributed by atoms with E-state index >= 15 is 0 Å². The van der Waals surface area contributed by atoms with Crippen molar-refractivity contribution in [1.82, 2.24) is 9.97 Å². The van der Waals surface area contributed by atoms with Crippen LogP contribution in [-0.2, 0) is 6.42 Å². The molecule has 1 saturated heterocycles. The van der Waals surface area contributed by atoms with Gasteiger partial charge in [0.2, 0.25) is 5.95 Å². The number of aromatic nitrogens is 2. The van der Waals surface area contributed by atoms with Gasteiger partial charge in [0.1, 0.15) is 0 Å². The Kier molecular flexibility index (Phi) is 3.62. The van der Waals surface area contributed by atoms with Crippen molar-refractivity contribution in [2.75, 3.05) is 24.5 Å². The molecule has 1 aromatic rings. The predicted octanol–water partition coefficient (Wildman–Crippen LogP) is 1.60. The second kappa shape index (κ2) is 5.00. The van der Waals surface area contributed by atoms with Crippen LogP contribution in [0.25, 0.3) is 0 Å². The maximum Gasteiger partial charge on any atom is 0.225 e. The number of piperidine rings is 1. The number of nitrogens with zero attached hydrogens (tertiary/aromatic N) is 3. The Bertz CT molecular complexity index is 358. The van der Waals surface area contributed by atoms with Crippen LogP contribution in [0.3, 0.4) is 0 Å². The standard InChI is InChI=1S/C13H22N4/c1-13(2)5-3-7-17(10-13)12-15-8-11(4-6-14)9-16-12/h8-9H,3-7,10,14H2,1-2H3. The van der Waals surface area contributed by atoms with Gasteiger partial charge >= 0.3 is 0 Å². The first-order valence-corrected chi connectivity index (χ1v) is 6.37. The minimum atomic E-state index is 0.373. The van der Waals surface area contributed by atoms with Crippen LogP contribution in [-0.4, -0.2) is 29.6 Å². The van der Waals surface area contributed by atoms with Crippen molar-refractivity contribution in [3.8, 4) is 0 Å². The van der Waals surface area contributed by atoms with E-state index in [1.807, 2.05) is 12.4 Å². The summed E-state index contributed by atoms with van der Waals surface area (Å²) in [5, 5.41) is 0. The summed E-state index contributed by atoms with van der Waals surface area (Å²) in [4.78, 5) is 11.2. The minimum absolute atomic E-state index is 0.373. The average molecular weight is 234 g/mol. The number of rotatable bonds is 3. The molecule has 0 atom stereocenters. The topological polar surface area (TPSA) is 55.0 Å². The van der Waals surface area contributed by atoms with Crippen molar-refractivity contribution >= 4 is 5.95 Å². The summed E-state index contributed by atoms with van der Waals surface area (Å²) < 4.78 is 0. The largest absolute Gasteiger partial charge is 0.340 e. The van der Waals surface area contributed by atoms with Crippen LogP contribution >= 0.6 is 0 Å². The van der Waals surface area contributed by atoms with E-state index in [0.29, 0.717) is 12.0 Å². The molecule has 0 unspecified atom stereocenters. The van der Waals surface area contributed by atoms with Gasteiger partial charge in [-0.15, -0.1) is 0 Å². The summed E-state index contributed by atoms with van der Waals surface area (Å²) >= 11 is 0. The summed E-state index contributed by atoms with van der Waals surface area (Å²) in [6.45, 7) is 7.38. The van der Waals surface area contributed by atoms with Crippen LogP contribution < -0.4 is 10.6 Å². The number of hydrogen-bond donors (Lipinski definition) is 1. The van der Waals surface area contributed by atoms with E-state index in [-0.39, 0.29) is 0 Å². The highest BCUT2D eigenvalue weighted by atomic mass is 15.3. The van der Waals surface area contributed by atoms with Crippen LogP contribution in [0.15, 0.2) is 12.4 Å². The van der Waals surface area contributed by atoms with E-state index < -0.39 is 0 Å². The predicted molar refractivity (Wildman–Crippen MR) is 70.0 cm³/mol. The molecule has 0 spiro atoms. The Morgan fingerprint density at radius 1 is 1.35 bits per heavy atom. The van der Waals surface area contributed by atoms with Gasteiger partial charge in [0, 0.05) is 25.5 Å². The first-order chi connectivity index (χ1) is 8.11. The molecule has 1 aliphatic rings. The molecule has 0 radical (unpaired) electrons. The Labute approximate surface area is 103 Å². The molecule has 4 nitrogen and oxygen atoms in total. The van der Waals surface area contributed by atoms with Crippen molar-refractivity contribution < 1.29 is 0 Å². The lowest BCUT2D eigenvalue weighted by atomic mass is 9.84. The molecule has 0 amide bonds. The van der Waals surface area contributed by atoms with Gasteiger partial charge < -0.3 is 10.6 Å². The van der Waals surface area contributed by atoms with Crippen molar-refractivity contribution in [2.24, 2.45) is 11.1 Å². The molecule has 0 saturated carbocycles. The van der Waals surface area contributed by atoms with Gasteiger partial charge in [0.25, 0.3) is 0 Å². The first kappa shape index (κ1) is 12.3. The highest BCUT2D eigenvalue weighted by molar-refractivity contribution is 5.31. The monoisotopic (exact) mass is 234 g/mol. The van der Waals surface area contributed by atoms with E-state index in [9.17, 15) is 0 Å². The molecule has 0 aliphatic carbocycles. The normalized spacial score (nSPS) is 19.4. The van der Waals surface area contributed by atoms with Gasteiger partial charge in [-0.3, -0.25) is 0 Å². The first-order valence-electron chi connectivity index (χ1n) is 6.37. The maximum atomic E-state index is 5.51. The second-order valence-electron chi connectivity index (χ2n) is 5.62. The van der Waals surface area contributed by atoms with Gasteiger partial charge in [0.05, 0.1) is 0 Å². The molecule has 2 heterocycles. The van der Waals surface area contributed by atoms with E-state index in [0.717, 1.165) is 31.0 Å². The number of nitrogens with two attached hydrogens (primary N) is 1. The van der Waals surface area contributed by atoms with Crippen LogP contribution in [0, 0.1) is 5.41 Å². The molecule has 4 heteroatoms. The van der Waals surface area contributed by atoms with Gasteiger partial charge in [-0.2, -0.15) is 0 Å². The highest BCUT2D eigenvalue weighted by Crippen LogP contribution is 2.29. The zero-order valence-corrected chi connectivity index (χ0v) is 10.8. The Morgan fingerprint density at radius 2 is 2.06 bits per heavy atom. The lowest BCUT2D eigenvalue weighted by molar-refractivity contribution is 0.291. The molecule has 2 N–H and O–H groups in total. The third-order valence-corrected chi connectivity index (χ3v) is 3.31.